The fourth-order valence-corrected chi connectivity index (χ4v) is 4.86. The van der Waals surface area contributed by atoms with Crippen molar-refractivity contribution < 1.29 is 28.6 Å². The van der Waals surface area contributed by atoms with E-state index >= 15 is 0 Å². The second kappa shape index (κ2) is 14.0. The number of nitrogens with zero attached hydrogens (tertiary/aromatic N) is 3. The summed E-state index contributed by atoms with van der Waals surface area (Å²) in [4.78, 5) is 46.2. The fraction of sp³-hybridized carbons (Fsp3) is 0.394. The van der Waals surface area contributed by atoms with E-state index in [-0.39, 0.29) is 12.3 Å². The smallest absolute Gasteiger partial charge is 0.416 e. The Balaban J connectivity index is 1.45. The summed E-state index contributed by atoms with van der Waals surface area (Å²) in [6, 6.07) is 21.0. The van der Waals surface area contributed by atoms with Crippen LogP contribution in [0.2, 0.25) is 0 Å². The summed E-state index contributed by atoms with van der Waals surface area (Å²) < 4.78 is 16.6. The van der Waals surface area contributed by atoms with Crippen molar-refractivity contribution in [1.29, 1.82) is 0 Å². The van der Waals surface area contributed by atoms with Crippen molar-refractivity contribution in [2.24, 2.45) is 5.92 Å². The molecular weight excluding hydrogens is 534 g/mol. The van der Waals surface area contributed by atoms with Gasteiger partial charge in [0.25, 0.3) is 0 Å². The molecule has 1 unspecified atom stereocenters. The minimum Gasteiger partial charge on any atom is -0.494 e. The van der Waals surface area contributed by atoms with Gasteiger partial charge in [-0.15, -0.1) is 0 Å². The average molecular weight is 574 g/mol. The average Bonchev–Trinajstić information content (AvgIpc) is 3.08. The molecule has 4 rings (SSSR count). The van der Waals surface area contributed by atoms with E-state index in [1.165, 1.54) is 12.0 Å². The number of hydrogen-bond acceptors (Lipinski definition) is 7. The van der Waals surface area contributed by atoms with E-state index in [4.69, 9.17) is 14.2 Å². The molecule has 2 heterocycles. The van der Waals surface area contributed by atoms with Crippen LogP contribution in [0.5, 0.6) is 5.75 Å². The summed E-state index contributed by atoms with van der Waals surface area (Å²) in [5.41, 5.74) is 2.37. The first-order valence-corrected chi connectivity index (χ1v) is 14.2. The van der Waals surface area contributed by atoms with Crippen molar-refractivity contribution in [1.82, 2.24) is 9.88 Å². The lowest BCUT2D eigenvalue weighted by Gasteiger charge is -2.26. The van der Waals surface area contributed by atoms with Gasteiger partial charge in [0, 0.05) is 25.8 Å². The Labute approximate surface area is 247 Å². The van der Waals surface area contributed by atoms with Gasteiger partial charge in [-0.05, 0) is 74.6 Å². The molecule has 0 N–H and O–H groups in total. The summed E-state index contributed by atoms with van der Waals surface area (Å²) in [7, 11) is 1.34. The van der Waals surface area contributed by atoms with E-state index in [1.807, 2.05) is 75.4 Å². The fourth-order valence-electron chi connectivity index (χ4n) is 4.86. The molecule has 2 aromatic carbocycles. The number of carbonyl (C=O) groups excluding carboxylic acids is 3. The van der Waals surface area contributed by atoms with Gasteiger partial charge in [0.05, 0.1) is 26.1 Å². The molecule has 0 saturated carbocycles. The number of rotatable bonds is 10. The van der Waals surface area contributed by atoms with Crippen LogP contribution in [-0.2, 0) is 38.6 Å². The first kappa shape index (κ1) is 30.6. The van der Waals surface area contributed by atoms with Crippen LogP contribution in [-0.4, -0.2) is 53.7 Å². The molecule has 2 amide bonds. The van der Waals surface area contributed by atoms with Crippen LogP contribution >= 0.6 is 0 Å². The lowest BCUT2D eigenvalue weighted by molar-refractivity contribution is -0.147. The number of benzene rings is 2. The number of methoxy groups -OCH3 is 1. The molecule has 222 valence electrons. The van der Waals surface area contributed by atoms with Crippen LogP contribution in [0, 0.1) is 5.92 Å². The summed E-state index contributed by atoms with van der Waals surface area (Å²) in [5, 5.41) is 0. The molecule has 0 fully saturated rings. The van der Waals surface area contributed by atoms with E-state index in [0.29, 0.717) is 50.7 Å². The zero-order chi connectivity index (χ0) is 30.1. The van der Waals surface area contributed by atoms with Crippen molar-refractivity contribution in [3.63, 3.8) is 0 Å². The monoisotopic (exact) mass is 573 g/mol. The van der Waals surface area contributed by atoms with Crippen molar-refractivity contribution in [2.45, 2.75) is 58.7 Å². The van der Waals surface area contributed by atoms with Gasteiger partial charge in [-0.1, -0.05) is 42.5 Å². The zero-order valence-electron chi connectivity index (χ0n) is 24.7. The zero-order valence-corrected chi connectivity index (χ0v) is 24.7. The van der Waals surface area contributed by atoms with Gasteiger partial charge in [0.2, 0.25) is 5.91 Å². The Kier molecular flexibility index (Phi) is 10.2. The van der Waals surface area contributed by atoms with E-state index in [9.17, 15) is 14.4 Å². The van der Waals surface area contributed by atoms with Gasteiger partial charge in [-0.25, -0.2) is 9.78 Å². The van der Waals surface area contributed by atoms with Crippen LogP contribution < -0.4 is 9.64 Å². The van der Waals surface area contributed by atoms with E-state index in [2.05, 4.69) is 4.98 Å². The second-order valence-corrected chi connectivity index (χ2v) is 11.3. The Morgan fingerprint density at radius 2 is 1.79 bits per heavy atom. The third-order valence-corrected chi connectivity index (χ3v) is 6.86. The highest BCUT2D eigenvalue weighted by atomic mass is 16.6. The largest absolute Gasteiger partial charge is 0.494 e. The van der Waals surface area contributed by atoms with Gasteiger partial charge in [0.15, 0.2) is 0 Å². The molecular formula is C33H39N3O6. The number of carbonyl (C=O) groups is 3. The summed E-state index contributed by atoms with van der Waals surface area (Å²) in [6.07, 6.45) is 2.20. The summed E-state index contributed by atoms with van der Waals surface area (Å²) >= 11 is 0. The third kappa shape index (κ3) is 8.55. The number of ether oxygens (including phenoxy) is 3. The third-order valence-electron chi connectivity index (χ3n) is 6.86. The number of amides is 2. The van der Waals surface area contributed by atoms with Crippen LogP contribution in [0.15, 0.2) is 72.9 Å². The van der Waals surface area contributed by atoms with Gasteiger partial charge >= 0.3 is 12.1 Å². The molecule has 3 aromatic rings. The van der Waals surface area contributed by atoms with Crippen LogP contribution in [0.25, 0.3) is 0 Å². The maximum absolute atomic E-state index is 13.5. The Morgan fingerprint density at radius 3 is 2.48 bits per heavy atom. The predicted molar refractivity (Wildman–Crippen MR) is 159 cm³/mol. The topological polar surface area (TPSA) is 98.3 Å². The molecule has 0 radical (unpaired) electrons. The van der Waals surface area contributed by atoms with Gasteiger partial charge in [-0.2, -0.15) is 0 Å². The van der Waals surface area contributed by atoms with Crippen molar-refractivity contribution in [3.05, 3.63) is 89.6 Å². The molecule has 1 aliphatic rings. The highest BCUT2D eigenvalue weighted by molar-refractivity contribution is 5.86. The van der Waals surface area contributed by atoms with Gasteiger partial charge < -0.3 is 19.1 Å². The van der Waals surface area contributed by atoms with E-state index in [1.54, 1.807) is 23.2 Å². The minimum absolute atomic E-state index is 0.0305. The Bertz CT molecular complexity index is 1360. The number of aromatic nitrogens is 1. The molecule has 0 saturated heterocycles. The molecule has 1 aromatic heterocycles. The Hall–Kier alpha value is -4.40. The first-order valence-electron chi connectivity index (χ1n) is 14.2. The quantitative estimate of drug-likeness (QED) is 0.231. The molecule has 1 atom stereocenters. The standard InChI is InChI=1S/C33H39N3O6/c1-33(2,3)42-32(39)36(29-13-8-9-16-34-29)17-10-18-41-28-15-14-25-19-26(21-30(37)40-4)31(38)35(23-27(25)20-28)22-24-11-6-5-7-12-24/h5-9,11-16,20,26H,10,17-19,21-23H2,1-4H3. The summed E-state index contributed by atoms with van der Waals surface area (Å²) in [5.74, 6) is 0.220. The molecule has 42 heavy (non-hydrogen) atoms. The molecule has 0 bridgehead atoms. The number of fused-ring (bicyclic) bond motifs is 1. The number of hydrogen-bond donors (Lipinski definition) is 0. The molecule has 9 heteroatoms. The maximum atomic E-state index is 13.5. The second-order valence-electron chi connectivity index (χ2n) is 11.3. The SMILES string of the molecule is COC(=O)CC1Cc2ccc(OCCCN(C(=O)OC(C)(C)C)c3ccccn3)cc2CN(Cc2ccccc2)C1=O. The number of esters is 1. The lowest BCUT2D eigenvalue weighted by Crippen LogP contribution is -2.38. The first-order chi connectivity index (χ1) is 20.1. The minimum atomic E-state index is -0.631. The van der Waals surface area contributed by atoms with Crippen LogP contribution in [0.4, 0.5) is 10.6 Å². The molecule has 0 aliphatic carbocycles. The lowest BCUT2D eigenvalue weighted by atomic mass is 9.94. The maximum Gasteiger partial charge on any atom is 0.416 e. The summed E-state index contributed by atoms with van der Waals surface area (Å²) in [6.45, 7) is 7.06. The highest BCUT2D eigenvalue weighted by Gasteiger charge is 2.32. The number of anilines is 1. The van der Waals surface area contributed by atoms with Crippen molar-refractivity contribution in [2.75, 3.05) is 25.2 Å². The van der Waals surface area contributed by atoms with Crippen LogP contribution in [0.1, 0.15) is 50.3 Å². The highest BCUT2D eigenvalue weighted by Crippen LogP contribution is 2.29. The van der Waals surface area contributed by atoms with Gasteiger partial charge in [0.1, 0.15) is 17.2 Å². The molecule has 0 spiro atoms. The number of pyridine rings is 1. The van der Waals surface area contributed by atoms with Crippen molar-refractivity contribution >= 4 is 23.8 Å². The normalized spacial score (nSPS) is 14.9. The molecule has 1 aliphatic heterocycles. The van der Waals surface area contributed by atoms with Crippen LogP contribution in [0.3, 0.4) is 0 Å². The van der Waals surface area contributed by atoms with Gasteiger partial charge in [-0.3, -0.25) is 14.5 Å². The predicted octanol–water partition coefficient (Wildman–Crippen LogP) is 5.56. The van der Waals surface area contributed by atoms with E-state index in [0.717, 1.165) is 16.7 Å². The Morgan fingerprint density at radius 1 is 1.02 bits per heavy atom. The van der Waals surface area contributed by atoms with E-state index < -0.39 is 23.6 Å². The van der Waals surface area contributed by atoms with Crippen molar-refractivity contribution in [3.8, 4) is 5.75 Å². The molecule has 9 nitrogen and oxygen atoms in total.